The number of fused-ring (bicyclic) bond motifs is 2. The molecule has 3 aromatic rings. The first kappa shape index (κ1) is 21.3. The number of amides is 1. The molecular weight excluding hydrogens is 418 g/mol. The third kappa shape index (κ3) is 4.21. The van der Waals surface area contributed by atoms with E-state index in [4.69, 9.17) is 4.74 Å². The van der Waals surface area contributed by atoms with Crippen molar-refractivity contribution in [3.8, 4) is 5.75 Å². The number of hydrogen-bond acceptors (Lipinski definition) is 5. The van der Waals surface area contributed by atoms with Crippen LogP contribution in [0.3, 0.4) is 0 Å². The largest absolute Gasteiger partial charge is 0.494 e. The zero-order valence-electron chi connectivity index (χ0n) is 18.7. The van der Waals surface area contributed by atoms with Gasteiger partial charge >= 0.3 is 0 Å². The standard InChI is InChI=1S/C26H31N3O2S/c1-2-28-13-10-19-8-9-21(17-23(19)26(28)30)31-15-4-5-20-18-27-12-14-29(20)24-6-3-7-25-22(24)11-16-32-25/h3,6-9,11,16-17,20,27H,2,4-5,10,12-15,18H2,1H3. The lowest BCUT2D eigenvalue weighted by molar-refractivity contribution is 0.0748. The molecule has 0 aliphatic carbocycles. The molecule has 6 heteroatoms. The quantitative estimate of drug-likeness (QED) is 0.537. The summed E-state index contributed by atoms with van der Waals surface area (Å²) >= 11 is 1.81. The highest BCUT2D eigenvalue weighted by Crippen LogP contribution is 2.32. The van der Waals surface area contributed by atoms with Gasteiger partial charge in [-0.15, -0.1) is 11.3 Å². The van der Waals surface area contributed by atoms with Crippen molar-refractivity contribution in [2.75, 3.05) is 44.2 Å². The van der Waals surface area contributed by atoms with Gasteiger partial charge in [-0.2, -0.15) is 0 Å². The SMILES string of the molecule is CCN1CCc2ccc(OCCCC3CNCCN3c3cccc4sccc34)cc2C1=O. The van der Waals surface area contributed by atoms with Gasteiger partial charge < -0.3 is 19.9 Å². The topological polar surface area (TPSA) is 44.8 Å². The summed E-state index contributed by atoms with van der Waals surface area (Å²) in [7, 11) is 0. The molecule has 0 spiro atoms. The second-order valence-corrected chi connectivity index (χ2v) is 9.55. The van der Waals surface area contributed by atoms with E-state index < -0.39 is 0 Å². The number of thiophene rings is 1. The number of anilines is 1. The highest BCUT2D eigenvalue weighted by molar-refractivity contribution is 7.17. The van der Waals surface area contributed by atoms with Gasteiger partial charge in [-0.3, -0.25) is 4.79 Å². The number of rotatable bonds is 7. The summed E-state index contributed by atoms with van der Waals surface area (Å²) in [5, 5.41) is 7.11. The third-order valence-corrected chi connectivity index (χ3v) is 7.60. The first-order valence-electron chi connectivity index (χ1n) is 11.7. The van der Waals surface area contributed by atoms with E-state index in [9.17, 15) is 4.79 Å². The summed E-state index contributed by atoms with van der Waals surface area (Å²) in [6.45, 7) is 7.32. The predicted octanol–water partition coefficient (Wildman–Crippen LogP) is 4.56. The van der Waals surface area contributed by atoms with Gasteiger partial charge in [0, 0.05) is 60.1 Å². The van der Waals surface area contributed by atoms with Gasteiger partial charge in [0.1, 0.15) is 5.75 Å². The number of ether oxygens (including phenoxy) is 1. The molecule has 1 amide bonds. The van der Waals surface area contributed by atoms with Crippen LogP contribution < -0.4 is 15.0 Å². The Morgan fingerprint density at radius 3 is 3.03 bits per heavy atom. The molecule has 32 heavy (non-hydrogen) atoms. The second-order valence-electron chi connectivity index (χ2n) is 8.61. The summed E-state index contributed by atoms with van der Waals surface area (Å²) in [5.74, 6) is 0.933. The minimum atomic E-state index is 0.130. The van der Waals surface area contributed by atoms with E-state index in [2.05, 4.69) is 45.9 Å². The van der Waals surface area contributed by atoms with E-state index in [1.807, 2.05) is 35.3 Å². The molecule has 0 bridgehead atoms. The number of benzene rings is 2. The Bertz CT molecular complexity index is 1100. The van der Waals surface area contributed by atoms with Crippen molar-refractivity contribution < 1.29 is 9.53 Å². The average Bonchev–Trinajstić information content (AvgIpc) is 3.32. The van der Waals surface area contributed by atoms with Crippen molar-refractivity contribution in [1.29, 1.82) is 0 Å². The monoisotopic (exact) mass is 449 g/mol. The smallest absolute Gasteiger partial charge is 0.254 e. The van der Waals surface area contributed by atoms with Gasteiger partial charge in [-0.1, -0.05) is 12.1 Å². The van der Waals surface area contributed by atoms with Crippen LogP contribution in [0.25, 0.3) is 10.1 Å². The maximum Gasteiger partial charge on any atom is 0.254 e. The predicted molar refractivity (Wildman–Crippen MR) is 132 cm³/mol. The second kappa shape index (κ2) is 9.51. The molecule has 1 unspecified atom stereocenters. The first-order chi connectivity index (χ1) is 15.7. The molecule has 1 fully saturated rings. The lowest BCUT2D eigenvalue weighted by Crippen LogP contribution is -2.51. The Balaban J connectivity index is 1.20. The Kier molecular flexibility index (Phi) is 6.32. The Hall–Kier alpha value is -2.57. The Morgan fingerprint density at radius 2 is 2.12 bits per heavy atom. The minimum absolute atomic E-state index is 0.130. The number of likely N-dealkylation sites (N-methyl/N-ethyl adjacent to an activating group) is 1. The van der Waals surface area contributed by atoms with Crippen LogP contribution in [0.5, 0.6) is 5.75 Å². The molecule has 0 radical (unpaired) electrons. The van der Waals surface area contributed by atoms with Crippen LogP contribution >= 0.6 is 11.3 Å². The molecule has 1 saturated heterocycles. The highest BCUT2D eigenvalue weighted by Gasteiger charge is 2.25. The van der Waals surface area contributed by atoms with Crippen LogP contribution in [0.2, 0.25) is 0 Å². The summed E-state index contributed by atoms with van der Waals surface area (Å²) in [5.41, 5.74) is 3.30. The van der Waals surface area contributed by atoms with Crippen LogP contribution in [0, 0.1) is 0 Å². The minimum Gasteiger partial charge on any atom is -0.494 e. The van der Waals surface area contributed by atoms with E-state index in [-0.39, 0.29) is 5.91 Å². The normalized spacial score (nSPS) is 18.8. The molecule has 1 N–H and O–H groups in total. The molecule has 5 rings (SSSR count). The zero-order valence-corrected chi connectivity index (χ0v) is 19.5. The first-order valence-corrected chi connectivity index (χ1v) is 12.6. The number of carbonyl (C=O) groups excluding carboxylic acids is 1. The lowest BCUT2D eigenvalue weighted by Gasteiger charge is -2.38. The van der Waals surface area contributed by atoms with Gasteiger partial charge in [-0.25, -0.2) is 0 Å². The van der Waals surface area contributed by atoms with Gasteiger partial charge in [0.05, 0.1) is 6.61 Å². The molecule has 5 nitrogen and oxygen atoms in total. The molecule has 0 saturated carbocycles. The van der Waals surface area contributed by atoms with Gasteiger partial charge in [0.2, 0.25) is 0 Å². The fraction of sp³-hybridized carbons (Fsp3) is 0.423. The summed E-state index contributed by atoms with van der Waals surface area (Å²) in [4.78, 5) is 17.1. The van der Waals surface area contributed by atoms with Crippen LogP contribution in [0.15, 0.2) is 47.8 Å². The molecule has 3 heterocycles. The van der Waals surface area contributed by atoms with Crippen molar-refractivity contribution in [2.24, 2.45) is 0 Å². The van der Waals surface area contributed by atoms with Gasteiger partial charge in [0.25, 0.3) is 5.91 Å². The maximum absolute atomic E-state index is 12.6. The van der Waals surface area contributed by atoms with Gasteiger partial charge in [0.15, 0.2) is 0 Å². The van der Waals surface area contributed by atoms with E-state index in [0.717, 1.165) is 68.9 Å². The Morgan fingerprint density at radius 1 is 1.19 bits per heavy atom. The summed E-state index contributed by atoms with van der Waals surface area (Å²) in [6.07, 6.45) is 2.98. The van der Waals surface area contributed by atoms with E-state index in [0.29, 0.717) is 12.6 Å². The van der Waals surface area contributed by atoms with Crippen LogP contribution in [0.1, 0.15) is 35.7 Å². The number of hydrogen-bond donors (Lipinski definition) is 1. The van der Waals surface area contributed by atoms with Crippen molar-refractivity contribution in [1.82, 2.24) is 10.2 Å². The van der Waals surface area contributed by atoms with E-state index >= 15 is 0 Å². The zero-order chi connectivity index (χ0) is 21.9. The van der Waals surface area contributed by atoms with Crippen LogP contribution in [-0.4, -0.2) is 56.2 Å². The van der Waals surface area contributed by atoms with Crippen LogP contribution in [-0.2, 0) is 6.42 Å². The molecule has 2 aromatic carbocycles. The van der Waals surface area contributed by atoms with Crippen molar-refractivity contribution in [3.05, 3.63) is 59.0 Å². The molecule has 1 aromatic heterocycles. The summed E-state index contributed by atoms with van der Waals surface area (Å²) in [6, 6.07) is 15.3. The lowest BCUT2D eigenvalue weighted by atomic mass is 9.99. The number of piperazine rings is 1. The Labute approximate surface area is 194 Å². The molecule has 1 atom stereocenters. The average molecular weight is 450 g/mol. The maximum atomic E-state index is 12.6. The third-order valence-electron chi connectivity index (χ3n) is 6.71. The molecule has 168 valence electrons. The fourth-order valence-corrected chi connectivity index (χ4v) is 5.77. The summed E-state index contributed by atoms with van der Waals surface area (Å²) < 4.78 is 7.42. The van der Waals surface area contributed by atoms with E-state index in [1.165, 1.54) is 15.8 Å². The molecular formula is C26H31N3O2S. The van der Waals surface area contributed by atoms with Crippen molar-refractivity contribution in [2.45, 2.75) is 32.2 Å². The molecule has 2 aliphatic rings. The number of nitrogens with one attached hydrogen (secondary N) is 1. The van der Waals surface area contributed by atoms with E-state index in [1.54, 1.807) is 0 Å². The molecule has 2 aliphatic heterocycles. The van der Waals surface area contributed by atoms with Crippen molar-refractivity contribution in [3.63, 3.8) is 0 Å². The van der Waals surface area contributed by atoms with Crippen molar-refractivity contribution >= 4 is 33.0 Å². The number of nitrogens with zero attached hydrogens (tertiary/aromatic N) is 2. The highest BCUT2D eigenvalue weighted by atomic mass is 32.1. The fourth-order valence-electron chi connectivity index (χ4n) is 4.96. The van der Waals surface area contributed by atoms with Gasteiger partial charge in [-0.05, 0) is 67.5 Å². The van der Waals surface area contributed by atoms with Crippen LogP contribution in [0.4, 0.5) is 5.69 Å². The number of carbonyl (C=O) groups is 1.